The Morgan fingerprint density at radius 1 is 1.33 bits per heavy atom. The monoisotopic (exact) mass is 271 g/mol. The topological polar surface area (TPSA) is 77.8 Å². The molecular weight excluding hydrogens is 254 g/mol. The smallest absolute Gasteiger partial charge is 0.243 e. The summed E-state index contributed by atoms with van der Waals surface area (Å²) in [6.45, 7) is 2.20. The molecule has 2 atom stereocenters. The van der Waals surface area contributed by atoms with E-state index in [1.54, 1.807) is 0 Å². The number of phenolic OH excluding ortho intramolecular Hbond substituents is 1. The lowest BCUT2D eigenvalue weighted by Crippen LogP contribution is -2.39. The number of hydrogen-bond acceptors (Lipinski definition) is 4. The maximum atomic E-state index is 12.4. The molecule has 1 aromatic carbocycles. The first-order chi connectivity index (χ1) is 8.46. The van der Waals surface area contributed by atoms with Crippen molar-refractivity contribution in [2.45, 2.75) is 24.3 Å². The number of hydrogen-bond donors (Lipinski definition) is 2. The highest BCUT2D eigenvalue weighted by Gasteiger charge is 2.38. The van der Waals surface area contributed by atoms with Crippen LogP contribution < -0.4 is 0 Å². The molecule has 0 aromatic heterocycles. The lowest BCUT2D eigenvalue weighted by molar-refractivity contribution is 0.191. The number of benzene rings is 1. The van der Waals surface area contributed by atoms with E-state index in [0.29, 0.717) is 6.54 Å². The fourth-order valence-electron chi connectivity index (χ4n) is 2.30. The van der Waals surface area contributed by atoms with Gasteiger partial charge in [0.05, 0.1) is 17.5 Å². The summed E-state index contributed by atoms with van der Waals surface area (Å²) in [6.07, 6.45) is 0.753. The number of sulfonamides is 1. The van der Waals surface area contributed by atoms with Gasteiger partial charge in [-0.15, -0.1) is 0 Å². The summed E-state index contributed by atoms with van der Waals surface area (Å²) >= 11 is 0. The third-order valence-electron chi connectivity index (χ3n) is 3.46. The van der Waals surface area contributed by atoms with Crippen molar-refractivity contribution in [2.75, 3.05) is 13.2 Å². The Morgan fingerprint density at radius 2 is 1.94 bits per heavy atom. The molecule has 1 aliphatic rings. The standard InChI is InChI=1S/C12H17NO4S/c1-9-6-7-13(12(9)8-14)18(16,17)11-4-2-10(15)3-5-11/h2-5,9,12,14-15H,6-8H2,1H3. The fourth-order valence-corrected chi connectivity index (χ4v) is 4.02. The quantitative estimate of drug-likeness (QED) is 0.851. The number of aliphatic hydroxyl groups excluding tert-OH is 1. The largest absolute Gasteiger partial charge is 0.508 e. The molecule has 1 aliphatic heterocycles. The number of phenols is 1. The van der Waals surface area contributed by atoms with Crippen molar-refractivity contribution in [1.29, 1.82) is 0 Å². The van der Waals surface area contributed by atoms with Gasteiger partial charge in [-0.2, -0.15) is 4.31 Å². The number of nitrogens with zero attached hydrogens (tertiary/aromatic N) is 1. The van der Waals surface area contributed by atoms with Gasteiger partial charge in [-0.25, -0.2) is 8.42 Å². The summed E-state index contributed by atoms with van der Waals surface area (Å²) in [4.78, 5) is 0.146. The molecule has 1 saturated heterocycles. The Morgan fingerprint density at radius 3 is 2.50 bits per heavy atom. The zero-order chi connectivity index (χ0) is 13.3. The van der Waals surface area contributed by atoms with Gasteiger partial charge in [-0.3, -0.25) is 0 Å². The second kappa shape index (κ2) is 4.87. The highest BCUT2D eigenvalue weighted by atomic mass is 32.2. The molecule has 0 radical (unpaired) electrons. The molecule has 2 N–H and O–H groups in total. The normalized spacial score (nSPS) is 25.4. The van der Waals surface area contributed by atoms with Gasteiger partial charge in [0.2, 0.25) is 10.0 Å². The molecule has 100 valence electrons. The molecule has 1 heterocycles. The Labute approximate surface area is 107 Å². The van der Waals surface area contributed by atoms with Gasteiger partial charge in [0, 0.05) is 6.54 Å². The Hall–Kier alpha value is -1.11. The van der Waals surface area contributed by atoms with Crippen molar-refractivity contribution in [1.82, 2.24) is 4.31 Å². The van der Waals surface area contributed by atoms with Crippen molar-refractivity contribution in [3.8, 4) is 5.75 Å². The van der Waals surface area contributed by atoms with Crippen molar-refractivity contribution in [3.63, 3.8) is 0 Å². The molecule has 2 rings (SSSR count). The highest BCUT2D eigenvalue weighted by Crippen LogP contribution is 2.30. The first-order valence-electron chi connectivity index (χ1n) is 5.88. The van der Waals surface area contributed by atoms with Crippen LogP contribution in [0, 0.1) is 5.92 Å². The second-order valence-electron chi connectivity index (χ2n) is 4.63. The summed E-state index contributed by atoms with van der Waals surface area (Å²) in [5, 5.41) is 18.5. The SMILES string of the molecule is CC1CCN(S(=O)(=O)c2ccc(O)cc2)C1CO. The molecule has 1 fully saturated rings. The molecule has 1 aromatic rings. The van der Waals surface area contributed by atoms with Gasteiger partial charge in [0.25, 0.3) is 0 Å². The predicted molar refractivity (Wildman–Crippen MR) is 66.7 cm³/mol. The van der Waals surface area contributed by atoms with Crippen LogP contribution in [-0.4, -0.2) is 42.1 Å². The molecule has 2 unspecified atom stereocenters. The maximum Gasteiger partial charge on any atom is 0.243 e. The molecule has 6 heteroatoms. The Balaban J connectivity index is 2.34. The molecule has 0 bridgehead atoms. The van der Waals surface area contributed by atoms with Crippen molar-refractivity contribution >= 4 is 10.0 Å². The predicted octanol–water partition coefficient (Wildman–Crippen LogP) is 0.784. The first-order valence-corrected chi connectivity index (χ1v) is 7.32. The van der Waals surface area contributed by atoms with Crippen LogP contribution in [0.15, 0.2) is 29.2 Å². The van der Waals surface area contributed by atoms with Gasteiger partial charge in [-0.05, 0) is 36.6 Å². The van der Waals surface area contributed by atoms with Crippen molar-refractivity contribution < 1.29 is 18.6 Å². The van der Waals surface area contributed by atoms with Crippen LogP contribution in [0.5, 0.6) is 5.75 Å². The minimum atomic E-state index is -3.59. The van der Waals surface area contributed by atoms with Crippen molar-refractivity contribution in [3.05, 3.63) is 24.3 Å². The molecule has 0 saturated carbocycles. The lowest BCUT2D eigenvalue weighted by atomic mass is 10.0. The third kappa shape index (κ3) is 2.23. The molecule has 0 amide bonds. The maximum absolute atomic E-state index is 12.4. The number of aliphatic hydroxyl groups is 1. The van der Waals surface area contributed by atoms with Crippen molar-refractivity contribution in [2.24, 2.45) is 5.92 Å². The van der Waals surface area contributed by atoms with Gasteiger partial charge >= 0.3 is 0 Å². The zero-order valence-electron chi connectivity index (χ0n) is 10.2. The zero-order valence-corrected chi connectivity index (χ0v) is 11.0. The summed E-state index contributed by atoms with van der Waals surface area (Å²) in [5.74, 6) is 0.185. The van der Waals surface area contributed by atoms with Crippen LogP contribution in [0.3, 0.4) is 0 Å². The van der Waals surface area contributed by atoms with E-state index >= 15 is 0 Å². The van der Waals surface area contributed by atoms with Crippen LogP contribution in [0.2, 0.25) is 0 Å². The van der Waals surface area contributed by atoms with Crippen LogP contribution in [-0.2, 0) is 10.0 Å². The third-order valence-corrected chi connectivity index (χ3v) is 5.40. The average molecular weight is 271 g/mol. The average Bonchev–Trinajstić information content (AvgIpc) is 2.71. The van der Waals surface area contributed by atoms with E-state index in [9.17, 15) is 18.6 Å². The van der Waals surface area contributed by atoms with Crippen LogP contribution in [0.25, 0.3) is 0 Å². The van der Waals surface area contributed by atoms with E-state index in [-0.39, 0.29) is 29.2 Å². The number of rotatable bonds is 3. The first kappa shape index (κ1) is 13.3. The molecule has 0 aliphatic carbocycles. The van der Waals surface area contributed by atoms with E-state index < -0.39 is 10.0 Å². The summed E-state index contributed by atoms with van der Waals surface area (Å²) in [7, 11) is -3.59. The summed E-state index contributed by atoms with van der Waals surface area (Å²) < 4.78 is 26.1. The van der Waals surface area contributed by atoms with E-state index in [0.717, 1.165) is 6.42 Å². The summed E-state index contributed by atoms with van der Waals surface area (Å²) in [5.41, 5.74) is 0. The second-order valence-corrected chi connectivity index (χ2v) is 6.52. The van der Waals surface area contributed by atoms with Gasteiger partial charge in [-0.1, -0.05) is 6.92 Å². The summed E-state index contributed by atoms with van der Waals surface area (Å²) in [6, 6.07) is 5.09. The Kier molecular flexibility index (Phi) is 3.61. The Bertz CT molecular complexity index is 511. The number of aromatic hydroxyl groups is 1. The molecule has 0 spiro atoms. The van der Waals surface area contributed by atoms with Gasteiger partial charge in [0.15, 0.2) is 0 Å². The van der Waals surface area contributed by atoms with Gasteiger partial charge < -0.3 is 10.2 Å². The minimum Gasteiger partial charge on any atom is -0.508 e. The van der Waals surface area contributed by atoms with Gasteiger partial charge in [0.1, 0.15) is 5.75 Å². The molecule has 5 nitrogen and oxygen atoms in total. The fraction of sp³-hybridized carbons (Fsp3) is 0.500. The van der Waals surface area contributed by atoms with E-state index in [1.807, 2.05) is 6.92 Å². The van der Waals surface area contributed by atoms with E-state index in [2.05, 4.69) is 0 Å². The van der Waals surface area contributed by atoms with Crippen LogP contribution in [0.4, 0.5) is 0 Å². The van der Waals surface area contributed by atoms with E-state index in [4.69, 9.17) is 0 Å². The molecule has 18 heavy (non-hydrogen) atoms. The van der Waals surface area contributed by atoms with Crippen LogP contribution in [0.1, 0.15) is 13.3 Å². The van der Waals surface area contributed by atoms with E-state index in [1.165, 1.54) is 28.6 Å². The highest BCUT2D eigenvalue weighted by molar-refractivity contribution is 7.89. The van der Waals surface area contributed by atoms with Crippen LogP contribution >= 0.6 is 0 Å². The molecular formula is C12H17NO4S. The minimum absolute atomic E-state index is 0.0300. The lowest BCUT2D eigenvalue weighted by Gasteiger charge is -2.24.